The molecule has 0 radical (unpaired) electrons. The van der Waals surface area contributed by atoms with Crippen molar-refractivity contribution in [1.82, 2.24) is 20.4 Å². The van der Waals surface area contributed by atoms with E-state index in [1.54, 1.807) is 0 Å². The maximum Gasteiger partial charge on any atom is 0.234 e. The number of carbonyl (C=O) groups excluding carboxylic acids is 2. The second-order valence-electron chi connectivity index (χ2n) is 7.12. The molecule has 1 aromatic rings. The van der Waals surface area contributed by atoms with Gasteiger partial charge in [0.1, 0.15) is 0 Å². The molecule has 142 valence electrons. The Morgan fingerprint density at radius 1 is 1.04 bits per heavy atom. The Hall–Kier alpha value is -1.63. The molecular weight excluding hydrogens is 352 g/mol. The lowest BCUT2D eigenvalue weighted by Gasteiger charge is -2.33. The maximum atomic E-state index is 12.1. The smallest absolute Gasteiger partial charge is 0.234 e. The summed E-state index contributed by atoms with van der Waals surface area (Å²) < 4.78 is 0. The van der Waals surface area contributed by atoms with Crippen LogP contribution in [0.15, 0.2) is 24.3 Å². The Labute approximate surface area is 159 Å². The van der Waals surface area contributed by atoms with E-state index in [0.717, 1.165) is 56.0 Å². The summed E-state index contributed by atoms with van der Waals surface area (Å²) >= 11 is 5.96. The highest BCUT2D eigenvalue weighted by molar-refractivity contribution is 6.30. The summed E-state index contributed by atoms with van der Waals surface area (Å²) in [6.45, 7) is 4.78. The van der Waals surface area contributed by atoms with Crippen molar-refractivity contribution in [3.05, 3.63) is 34.9 Å². The van der Waals surface area contributed by atoms with Crippen LogP contribution in [0.5, 0.6) is 0 Å². The second-order valence-corrected chi connectivity index (χ2v) is 7.56. The molecule has 2 N–H and O–H groups in total. The Bertz CT molecular complexity index is 628. The highest BCUT2D eigenvalue weighted by Gasteiger charge is 2.25. The summed E-state index contributed by atoms with van der Waals surface area (Å²) in [7, 11) is 0. The second kappa shape index (κ2) is 9.35. The van der Waals surface area contributed by atoms with Crippen molar-refractivity contribution in [3.8, 4) is 0 Å². The van der Waals surface area contributed by atoms with Gasteiger partial charge >= 0.3 is 0 Å². The third kappa shape index (κ3) is 6.59. The molecule has 1 saturated carbocycles. The first-order chi connectivity index (χ1) is 12.6. The minimum absolute atomic E-state index is 0.0481. The minimum atomic E-state index is 0.0481. The molecule has 0 aromatic heterocycles. The van der Waals surface area contributed by atoms with Gasteiger partial charge in [0, 0.05) is 43.8 Å². The molecule has 2 fully saturated rings. The first-order valence-corrected chi connectivity index (χ1v) is 9.71. The Kier molecular flexibility index (Phi) is 6.88. The van der Waals surface area contributed by atoms with Gasteiger partial charge in [-0.2, -0.15) is 0 Å². The number of piperazine rings is 1. The van der Waals surface area contributed by atoms with E-state index in [9.17, 15) is 9.59 Å². The van der Waals surface area contributed by atoms with Crippen LogP contribution < -0.4 is 10.6 Å². The number of hydrogen-bond acceptors (Lipinski definition) is 4. The van der Waals surface area contributed by atoms with Crippen LogP contribution in [-0.4, -0.2) is 73.5 Å². The summed E-state index contributed by atoms with van der Waals surface area (Å²) in [4.78, 5) is 28.2. The van der Waals surface area contributed by atoms with Crippen LogP contribution in [0.25, 0.3) is 0 Å². The van der Waals surface area contributed by atoms with E-state index in [2.05, 4.69) is 20.4 Å². The van der Waals surface area contributed by atoms with Crippen molar-refractivity contribution in [2.45, 2.75) is 25.3 Å². The normalized spacial score (nSPS) is 18.5. The summed E-state index contributed by atoms with van der Waals surface area (Å²) in [6, 6.07) is 8.12. The monoisotopic (exact) mass is 378 g/mol. The maximum absolute atomic E-state index is 12.1. The summed E-state index contributed by atoms with van der Waals surface area (Å²) in [6.07, 6.45) is 3.01. The predicted molar refractivity (Wildman–Crippen MR) is 102 cm³/mol. The molecule has 2 amide bonds. The number of halogens is 1. The molecule has 7 heteroatoms. The molecule has 1 heterocycles. The number of hydrogen-bond donors (Lipinski definition) is 2. The first kappa shape index (κ1) is 19.1. The zero-order valence-electron chi connectivity index (χ0n) is 15.0. The van der Waals surface area contributed by atoms with Gasteiger partial charge in [0.05, 0.1) is 13.1 Å². The SMILES string of the molecule is O=C(CN1CCN(CC(=O)NC2CC2)CC1)NCCc1cccc(Cl)c1. The molecule has 0 spiro atoms. The molecule has 6 nitrogen and oxygen atoms in total. The first-order valence-electron chi connectivity index (χ1n) is 9.34. The summed E-state index contributed by atoms with van der Waals surface area (Å²) in [5.74, 6) is 0.173. The lowest BCUT2D eigenvalue weighted by molar-refractivity contribution is -0.125. The molecule has 0 unspecified atom stereocenters. The van der Waals surface area contributed by atoms with Crippen molar-refractivity contribution >= 4 is 23.4 Å². The third-order valence-electron chi connectivity index (χ3n) is 4.77. The molecule has 3 rings (SSSR count). The van der Waals surface area contributed by atoms with Crippen LogP contribution >= 0.6 is 11.6 Å². The Morgan fingerprint density at radius 2 is 1.69 bits per heavy atom. The molecule has 0 bridgehead atoms. The van der Waals surface area contributed by atoms with Gasteiger partial charge < -0.3 is 10.6 Å². The van der Waals surface area contributed by atoms with E-state index in [4.69, 9.17) is 11.6 Å². The molecule has 1 aliphatic carbocycles. The third-order valence-corrected chi connectivity index (χ3v) is 5.00. The summed E-state index contributed by atoms with van der Waals surface area (Å²) in [5.41, 5.74) is 1.12. The molecule has 0 atom stereocenters. The fourth-order valence-electron chi connectivity index (χ4n) is 3.11. The molecule has 26 heavy (non-hydrogen) atoms. The van der Waals surface area contributed by atoms with E-state index in [0.29, 0.717) is 25.7 Å². The zero-order chi connectivity index (χ0) is 18.4. The van der Waals surface area contributed by atoms with Crippen molar-refractivity contribution in [2.75, 3.05) is 45.8 Å². The van der Waals surface area contributed by atoms with Gasteiger partial charge in [-0.05, 0) is 37.0 Å². The van der Waals surface area contributed by atoms with Gasteiger partial charge in [-0.25, -0.2) is 0 Å². The molecular formula is C19H27ClN4O2. The predicted octanol–water partition coefficient (Wildman–Crippen LogP) is 0.895. The van der Waals surface area contributed by atoms with Crippen LogP contribution in [-0.2, 0) is 16.0 Å². The van der Waals surface area contributed by atoms with E-state index in [1.165, 1.54) is 0 Å². The highest BCUT2D eigenvalue weighted by atomic mass is 35.5. The quantitative estimate of drug-likeness (QED) is 0.705. The lowest BCUT2D eigenvalue weighted by atomic mass is 10.1. The molecule has 2 aliphatic rings. The number of nitrogens with zero attached hydrogens (tertiary/aromatic N) is 2. The minimum Gasteiger partial charge on any atom is -0.355 e. The number of rotatable bonds is 8. The molecule has 1 saturated heterocycles. The molecule has 1 aliphatic heterocycles. The Balaban J connectivity index is 1.28. The van der Waals surface area contributed by atoms with Crippen LogP contribution in [0, 0.1) is 0 Å². The summed E-state index contributed by atoms with van der Waals surface area (Å²) in [5, 5.41) is 6.71. The number of amides is 2. The lowest BCUT2D eigenvalue weighted by Crippen LogP contribution is -2.51. The zero-order valence-corrected chi connectivity index (χ0v) is 15.8. The van der Waals surface area contributed by atoms with Gasteiger partial charge in [0.2, 0.25) is 11.8 Å². The van der Waals surface area contributed by atoms with Crippen molar-refractivity contribution in [1.29, 1.82) is 0 Å². The van der Waals surface area contributed by atoms with E-state index in [-0.39, 0.29) is 11.8 Å². The van der Waals surface area contributed by atoms with E-state index >= 15 is 0 Å². The average Bonchev–Trinajstić information content (AvgIpc) is 3.40. The topological polar surface area (TPSA) is 64.7 Å². The van der Waals surface area contributed by atoms with Gasteiger partial charge in [0.15, 0.2) is 0 Å². The number of carbonyl (C=O) groups is 2. The fraction of sp³-hybridized carbons (Fsp3) is 0.579. The van der Waals surface area contributed by atoms with Crippen molar-refractivity contribution in [3.63, 3.8) is 0 Å². The average molecular weight is 379 g/mol. The number of benzene rings is 1. The number of nitrogens with one attached hydrogen (secondary N) is 2. The highest BCUT2D eigenvalue weighted by Crippen LogP contribution is 2.18. The molecule has 1 aromatic carbocycles. The van der Waals surface area contributed by atoms with Crippen molar-refractivity contribution in [2.24, 2.45) is 0 Å². The Morgan fingerprint density at radius 3 is 2.31 bits per heavy atom. The van der Waals surface area contributed by atoms with Crippen LogP contribution in [0.4, 0.5) is 0 Å². The largest absolute Gasteiger partial charge is 0.355 e. The van der Waals surface area contributed by atoms with E-state index in [1.807, 2.05) is 24.3 Å². The van der Waals surface area contributed by atoms with Gasteiger partial charge in [0.25, 0.3) is 0 Å². The van der Waals surface area contributed by atoms with Gasteiger partial charge in [-0.3, -0.25) is 19.4 Å². The van der Waals surface area contributed by atoms with E-state index < -0.39 is 0 Å². The standard InChI is InChI=1S/C19H27ClN4O2/c20-16-3-1-2-15(12-16)6-7-21-18(25)13-23-8-10-24(11-9-23)14-19(26)22-17-4-5-17/h1-3,12,17H,4-11,13-14H2,(H,21,25)(H,22,26). The van der Waals surface area contributed by atoms with Gasteiger partial charge in [-0.15, -0.1) is 0 Å². The van der Waals surface area contributed by atoms with Crippen LogP contribution in [0.1, 0.15) is 18.4 Å². The van der Waals surface area contributed by atoms with Gasteiger partial charge in [-0.1, -0.05) is 23.7 Å². The van der Waals surface area contributed by atoms with Crippen LogP contribution in [0.2, 0.25) is 5.02 Å². The van der Waals surface area contributed by atoms with Crippen molar-refractivity contribution < 1.29 is 9.59 Å². The van der Waals surface area contributed by atoms with Crippen LogP contribution in [0.3, 0.4) is 0 Å². The fourth-order valence-corrected chi connectivity index (χ4v) is 3.32.